The predicted octanol–water partition coefficient (Wildman–Crippen LogP) is 4.79. The number of carbonyl (C=O) groups is 1. The number of likely N-dealkylation sites (tertiary alicyclic amines) is 1. The molecule has 1 N–H and O–H groups in total. The van der Waals surface area contributed by atoms with Gasteiger partial charge < -0.3 is 10.1 Å². The molecule has 1 aliphatic carbocycles. The van der Waals surface area contributed by atoms with Gasteiger partial charge in [-0.1, -0.05) is 42.5 Å². The summed E-state index contributed by atoms with van der Waals surface area (Å²) in [6.45, 7) is 1.97. The highest BCUT2D eigenvalue weighted by atomic mass is 32.2. The van der Waals surface area contributed by atoms with Crippen molar-refractivity contribution in [2.24, 2.45) is 0 Å². The first kappa shape index (κ1) is 24.1. The fourth-order valence-electron chi connectivity index (χ4n) is 5.49. The average molecular weight is 479 g/mol. The summed E-state index contributed by atoms with van der Waals surface area (Å²) in [6, 6.07) is 13.6. The fraction of sp³-hybridized carbons (Fsp3) is 0.480. The lowest BCUT2D eigenvalue weighted by atomic mass is 9.72. The summed E-state index contributed by atoms with van der Waals surface area (Å²) in [5, 5.41) is 3.18. The summed E-state index contributed by atoms with van der Waals surface area (Å²) >= 11 is 1.48. The highest BCUT2D eigenvalue weighted by molar-refractivity contribution is 7.99. The molecule has 178 valence electrons. The minimum Gasteiger partial charge on any atom is -0.378 e. The minimum atomic E-state index is -4.34. The van der Waals surface area contributed by atoms with Crippen molar-refractivity contribution in [3.63, 3.8) is 0 Å². The number of fused-ring (bicyclic) bond motifs is 2. The molecule has 1 heterocycles. The number of carbonyl (C=O) groups excluding carboxylic acids is 1. The van der Waals surface area contributed by atoms with Gasteiger partial charge in [0, 0.05) is 19.1 Å². The standard InChI is InChI=1S/C25H29F3N2O2S/c1-32-23-22(29-21(31)16-33-2)19-8-3-4-9-20(19)24(23)10-12-30(13-11-24)15-17-6-5-7-18(14-17)25(26,27)28/h3-9,14,22-23H,10-13,15-16H2,1-2H3,(H,29,31)/t22-,23+/m1/s1. The molecule has 2 atom stereocenters. The zero-order valence-corrected chi connectivity index (χ0v) is 19.6. The summed E-state index contributed by atoms with van der Waals surface area (Å²) < 4.78 is 45.3. The smallest absolute Gasteiger partial charge is 0.378 e. The van der Waals surface area contributed by atoms with Crippen molar-refractivity contribution >= 4 is 17.7 Å². The molecule has 2 aromatic rings. The molecule has 2 aromatic carbocycles. The summed E-state index contributed by atoms with van der Waals surface area (Å²) in [5.74, 6) is 0.385. The number of hydrogen-bond donors (Lipinski definition) is 1. The van der Waals surface area contributed by atoms with Crippen molar-refractivity contribution in [3.05, 3.63) is 70.8 Å². The van der Waals surface area contributed by atoms with Gasteiger partial charge >= 0.3 is 6.18 Å². The van der Waals surface area contributed by atoms with Crippen molar-refractivity contribution in [2.75, 3.05) is 32.2 Å². The van der Waals surface area contributed by atoms with Crippen LogP contribution in [0.5, 0.6) is 0 Å². The number of thioether (sulfide) groups is 1. The fourth-order valence-corrected chi connectivity index (χ4v) is 5.83. The van der Waals surface area contributed by atoms with E-state index in [1.807, 2.05) is 18.4 Å². The zero-order chi connectivity index (χ0) is 23.6. The first-order chi connectivity index (χ1) is 15.8. The summed E-state index contributed by atoms with van der Waals surface area (Å²) in [6.07, 6.45) is -0.988. The Bertz CT molecular complexity index is 990. The van der Waals surface area contributed by atoms with Gasteiger partial charge in [-0.2, -0.15) is 24.9 Å². The summed E-state index contributed by atoms with van der Waals surface area (Å²) in [4.78, 5) is 14.6. The largest absolute Gasteiger partial charge is 0.416 e. The maximum absolute atomic E-state index is 13.1. The van der Waals surface area contributed by atoms with Gasteiger partial charge in [0.2, 0.25) is 5.91 Å². The number of methoxy groups -OCH3 is 1. The van der Waals surface area contributed by atoms with Crippen LogP contribution in [0.1, 0.15) is 41.1 Å². The van der Waals surface area contributed by atoms with Gasteiger partial charge in [-0.15, -0.1) is 0 Å². The molecule has 8 heteroatoms. The number of amides is 1. The molecule has 1 saturated heterocycles. The summed E-state index contributed by atoms with van der Waals surface area (Å²) in [7, 11) is 1.70. The van der Waals surface area contributed by atoms with Crippen LogP contribution in [0.15, 0.2) is 48.5 Å². The molecule has 4 rings (SSSR count). The second kappa shape index (κ2) is 9.68. The molecule has 1 aliphatic heterocycles. The van der Waals surface area contributed by atoms with Crippen molar-refractivity contribution < 1.29 is 22.7 Å². The van der Waals surface area contributed by atoms with E-state index in [1.54, 1.807) is 13.2 Å². The van der Waals surface area contributed by atoms with Crippen LogP contribution in [0.3, 0.4) is 0 Å². The second-order valence-corrected chi connectivity index (χ2v) is 9.72. The van der Waals surface area contributed by atoms with Crippen molar-refractivity contribution in [3.8, 4) is 0 Å². The Morgan fingerprint density at radius 3 is 2.58 bits per heavy atom. The number of rotatable bonds is 6. The van der Waals surface area contributed by atoms with E-state index in [4.69, 9.17) is 4.74 Å². The monoisotopic (exact) mass is 478 g/mol. The molecule has 0 radical (unpaired) electrons. The quantitative estimate of drug-likeness (QED) is 0.649. The lowest BCUT2D eigenvalue weighted by Gasteiger charge is -2.44. The number of nitrogens with zero attached hydrogens (tertiary/aromatic N) is 1. The molecule has 0 unspecified atom stereocenters. The second-order valence-electron chi connectivity index (χ2n) is 8.85. The number of alkyl halides is 3. The SMILES string of the molecule is CO[C@H]1[C@H](NC(=O)CSC)c2ccccc2C12CCN(Cc1cccc(C(F)(F)F)c1)CC2. The van der Waals surface area contributed by atoms with E-state index in [1.165, 1.54) is 29.5 Å². The topological polar surface area (TPSA) is 41.6 Å². The Morgan fingerprint density at radius 1 is 1.18 bits per heavy atom. The first-order valence-electron chi connectivity index (χ1n) is 11.1. The van der Waals surface area contributed by atoms with Crippen molar-refractivity contribution in [1.82, 2.24) is 10.2 Å². The molecule has 0 bridgehead atoms. The van der Waals surface area contributed by atoms with Gasteiger partial charge in [-0.25, -0.2) is 0 Å². The zero-order valence-electron chi connectivity index (χ0n) is 18.8. The first-order valence-corrected chi connectivity index (χ1v) is 12.5. The molecular formula is C25H29F3N2O2S. The Kier molecular flexibility index (Phi) is 7.07. The van der Waals surface area contributed by atoms with E-state index in [2.05, 4.69) is 22.3 Å². The van der Waals surface area contributed by atoms with Crippen LogP contribution >= 0.6 is 11.8 Å². The van der Waals surface area contributed by atoms with Crippen LogP contribution in [0.25, 0.3) is 0 Å². The molecular weight excluding hydrogens is 449 g/mol. The van der Waals surface area contributed by atoms with E-state index >= 15 is 0 Å². The maximum Gasteiger partial charge on any atom is 0.416 e. The van der Waals surface area contributed by atoms with Crippen LogP contribution in [0, 0.1) is 0 Å². The lowest BCUT2D eigenvalue weighted by molar-refractivity contribution is -0.137. The molecule has 1 fully saturated rings. The molecule has 2 aliphatic rings. The van der Waals surface area contributed by atoms with Crippen LogP contribution in [-0.2, 0) is 27.7 Å². The van der Waals surface area contributed by atoms with E-state index in [0.717, 1.165) is 37.6 Å². The molecule has 0 aromatic heterocycles. The van der Waals surface area contributed by atoms with Crippen molar-refractivity contribution in [2.45, 2.75) is 43.1 Å². The van der Waals surface area contributed by atoms with Crippen molar-refractivity contribution in [1.29, 1.82) is 0 Å². The third-order valence-electron chi connectivity index (χ3n) is 6.93. The molecule has 1 spiro atoms. The van der Waals surface area contributed by atoms with Crippen LogP contribution in [0.2, 0.25) is 0 Å². The third-order valence-corrected chi connectivity index (χ3v) is 7.49. The Labute approximate surface area is 196 Å². The van der Waals surface area contributed by atoms with E-state index in [-0.39, 0.29) is 23.5 Å². The molecule has 1 amide bonds. The molecule has 4 nitrogen and oxygen atoms in total. The molecule has 33 heavy (non-hydrogen) atoms. The van der Waals surface area contributed by atoms with Crippen LogP contribution < -0.4 is 5.32 Å². The number of ether oxygens (including phenoxy) is 1. The van der Waals surface area contributed by atoms with Gasteiger partial charge in [0.15, 0.2) is 0 Å². The highest BCUT2D eigenvalue weighted by Gasteiger charge is 2.53. The Morgan fingerprint density at radius 2 is 1.91 bits per heavy atom. The van der Waals surface area contributed by atoms with E-state index < -0.39 is 11.7 Å². The van der Waals surface area contributed by atoms with Gasteiger partial charge in [0.05, 0.1) is 23.5 Å². The van der Waals surface area contributed by atoms with Gasteiger partial charge in [0.1, 0.15) is 0 Å². The maximum atomic E-state index is 13.1. The van der Waals surface area contributed by atoms with Crippen LogP contribution in [-0.4, -0.2) is 49.1 Å². The van der Waals surface area contributed by atoms with Gasteiger partial charge in [-0.3, -0.25) is 9.69 Å². The van der Waals surface area contributed by atoms with E-state index in [0.29, 0.717) is 17.9 Å². The number of benzene rings is 2. The summed E-state index contributed by atoms with van der Waals surface area (Å²) in [5.41, 5.74) is 2.14. The Hall–Kier alpha value is -2.03. The predicted molar refractivity (Wildman–Crippen MR) is 124 cm³/mol. The highest BCUT2D eigenvalue weighted by Crippen LogP contribution is 2.52. The van der Waals surface area contributed by atoms with Gasteiger partial charge in [0.25, 0.3) is 0 Å². The van der Waals surface area contributed by atoms with E-state index in [9.17, 15) is 18.0 Å². The van der Waals surface area contributed by atoms with Crippen LogP contribution in [0.4, 0.5) is 13.2 Å². The number of piperidine rings is 1. The normalized spacial score (nSPS) is 22.3. The minimum absolute atomic E-state index is 0.0108. The number of hydrogen-bond acceptors (Lipinski definition) is 4. The van der Waals surface area contributed by atoms with Gasteiger partial charge in [-0.05, 0) is 54.9 Å². The third kappa shape index (κ3) is 4.79. The number of halogens is 3. The lowest BCUT2D eigenvalue weighted by Crippen LogP contribution is -2.50. The molecule has 0 saturated carbocycles. The number of nitrogens with one attached hydrogen (secondary N) is 1. The Balaban J connectivity index is 1.52. The average Bonchev–Trinajstić information content (AvgIpc) is 3.04.